The van der Waals surface area contributed by atoms with Crippen molar-refractivity contribution in [2.75, 3.05) is 19.7 Å². The highest BCUT2D eigenvalue weighted by Gasteiger charge is 2.60. The predicted molar refractivity (Wildman–Crippen MR) is 57.5 cm³/mol. The summed E-state index contributed by atoms with van der Waals surface area (Å²) in [5, 5.41) is 0. The average molecular weight is 208 g/mol. The maximum atomic E-state index is 6.28. The lowest BCUT2D eigenvalue weighted by molar-refractivity contribution is -0.176. The Hall–Kier alpha value is -0.120. The SMILES string of the molecule is NC1C2CCCOC2C1N1CC2(CC2)C1. The van der Waals surface area contributed by atoms with E-state index in [4.69, 9.17) is 10.5 Å². The minimum Gasteiger partial charge on any atom is -0.376 e. The fourth-order valence-corrected chi connectivity index (χ4v) is 3.89. The number of ether oxygens (including phenoxy) is 1. The highest BCUT2D eigenvalue weighted by atomic mass is 16.5. The highest BCUT2D eigenvalue weighted by Crippen LogP contribution is 2.55. The second kappa shape index (κ2) is 2.76. The largest absolute Gasteiger partial charge is 0.376 e. The van der Waals surface area contributed by atoms with Crippen molar-refractivity contribution in [3.63, 3.8) is 0 Å². The molecule has 4 atom stereocenters. The lowest BCUT2D eigenvalue weighted by Crippen LogP contribution is -2.75. The maximum Gasteiger partial charge on any atom is 0.0788 e. The zero-order chi connectivity index (χ0) is 10.0. The molecule has 0 aromatic rings. The van der Waals surface area contributed by atoms with Crippen LogP contribution in [0.2, 0.25) is 0 Å². The van der Waals surface area contributed by atoms with Crippen LogP contribution >= 0.6 is 0 Å². The van der Waals surface area contributed by atoms with Crippen LogP contribution in [-0.4, -0.2) is 42.8 Å². The van der Waals surface area contributed by atoms with Gasteiger partial charge in [0.2, 0.25) is 0 Å². The first kappa shape index (κ1) is 8.97. The normalized spacial score (nSPS) is 51.8. The van der Waals surface area contributed by atoms with Crippen LogP contribution in [0.4, 0.5) is 0 Å². The van der Waals surface area contributed by atoms with Gasteiger partial charge in [-0.05, 0) is 31.1 Å². The van der Waals surface area contributed by atoms with Gasteiger partial charge in [0.05, 0.1) is 12.1 Å². The smallest absolute Gasteiger partial charge is 0.0788 e. The molecule has 2 saturated carbocycles. The van der Waals surface area contributed by atoms with Crippen molar-refractivity contribution in [2.24, 2.45) is 17.1 Å². The fourth-order valence-electron chi connectivity index (χ4n) is 3.89. The summed E-state index contributed by atoms with van der Waals surface area (Å²) in [5.74, 6) is 0.666. The summed E-state index contributed by atoms with van der Waals surface area (Å²) in [7, 11) is 0. The molecule has 2 aliphatic heterocycles. The van der Waals surface area contributed by atoms with E-state index >= 15 is 0 Å². The molecular formula is C12H20N2O. The fraction of sp³-hybridized carbons (Fsp3) is 1.00. The van der Waals surface area contributed by atoms with Gasteiger partial charge in [0.15, 0.2) is 0 Å². The lowest BCUT2D eigenvalue weighted by atomic mass is 9.66. The van der Waals surface area contributed by atoms with Gasteiger partial charge in [-0.25, -0.2) is 0 Å². The molecular weight excluding hydrogens is 188 g/mol. The highest BCUT2D eigenvalue weighted by molar-refractivity contribution is 5.15. The van der Waals surface area contributed by atoms with E-state index in [1.807, 2.05) is 0 Å². The molecule has 4 aliphatic rings. The minimum atomic E-state index is 0.395. The first-order valence-corrected chi connectivity index (χ1v) is 6.40. The Bertz CT molecular complexity index is 281. The summed E-state index contributed by atoms with van der Waals surface area (Å²) in [4.78, 5) is 2.59. The standard InChI is InChI=1S/C12H20N2O/c13-9-8-2-1-5-15-11(8)10(9)14-6-12(7-14)3-4-12/h8-11H,1-7,13H2. The van der Waals surface area contributed by atoms with Gasteiger partial charge >= 0.3 is 0 Å². The molecule has 0 radical (unpaired) electrons. The summed E-state index contributed by atoms with van der Waals surface area (Å²) < 4.78 is 5.88. The first-order chi connectivity index (χ1) is 7.29. The molecule has 0 aromatic heterocycles. The second-order valence-corrected chi connectivity index (χ2v) is 6.11. The second-order valence-electron chi connectivity index (χ2n) is 6.11. The van der Waals surface area contributed by atoms with Crippen LogP contribution in [0.25, 0.3) is 0 Å². The number of nitrogens with zero attached hydrogens (tertiary/aromatic N) is 1. The number of hydrogen-bond donors (Lipinski definition) is 1. The van der Waals surface area contributed by atoms with Gasteiger partial charge in [-0.15, -0.1) is 0 Å². The van der Waals surface area contributed by atoms with Crippen LogP contribution in [0.1, 0.15) is 25.7 Å². The summed E-state index contributed by atoms with van der Waals surface area (Å²) in [6.45, 7) is 3.57. The topological polar surface area (TPSA) is 38.5 Å². The van der Waals surface area contributed by atoms with Crippen LogP contribution in [0, 0.1) is 11.3 Å². The van der Waals surface area contributed by atoms with Crippen LogP contribution in [-0.2, 0) is 4.74 Å². The van der Waals surface area contributed by atoms with Crippen molar-refractivity contribution < 1.29 is 4.74 Å². The molecule has 0 bridgehead atoms. The molecule has 1 spiro atoms. The molecule has 4 unspecified atom stereocenters. The third-order valence-electron chi connectivity index (χ3n) is 5.10. The quantitative estimate of drug-likeness (QED) is 0.685. The van der Waals surface area contributed by atoms with Crippen LogP contribution < -0.4 is 5.73 Å². The number of fused-ring (bicyclic) bond motifs is 1. The number of nitrogens with two attached hydrogens (primary N) is 1. The van der Waals surface area contributed by atoms with Gasteiger partial charge in [0, 0.05) is 31.7 Å². The Balaban J connectivity index is 1.44. The third kappa shape index (κ3) is 1.12. The molecule has 4 rings (SSSR count). The molecule has 3 nitrogen and oxygen atoms in total. The molecule has 15 heavy (non-hydrogen) atoms. The van der Waals surface area contributed by atoms with E-state index in [1.165, 1.54) is 38.8 Å². The van der Waals surface area contributed by atoms with E-state index in [-0.39, 0.29) is 0 Å². The Kier molecular flexibility index (Phi) is 1.65. The van der Waals surface area contributed by atoms with Crippen LogP contribution in [0.5, 0.6) is 0 Å². The first-order valence-electron chi connectivity index (χ1n) is 6.40. The molecule has 2 aliphatic carbocycles. The molecule has 2 N–H and O–H groups in total. The van der Waals surface area contributed by atoms with Crippen molar-refractivity contribution in [3.05, 3.63) is 0 Å². The molecule has 0 amide bonds. The summed E-state index contributed by atoms with van der Waals surface area (Å²) in [5.41, 5.74) is 7.02. The number of likely N-dealkylation sites (tertiary alicyclic amines) is 1. The lowest BCUT2D eigenvalue weighted by Gasteiger charge is -2.60. The monoisotopic (exact) mass is 208 g/mol. The van der Waals surface area contributed by atoms with Gasteiger partial charge in [-0.2, -0.15) is 0 Å². The van der Waals surface area contributed by atoms with Gasteiger partial charge in [0.1, 0.15) is 0 Å². The summed E-state index contributed by atoms with van der Waals surface area (Å²) in [6.07, 6.45) is 5.90. The molecule has 84 valence electrons. The van der Waals surface area contributed by atoms with Crippen molar-refractivity contribution in [3.8, 4) is 0 Å². The Labute approximate surface area is 90.9 Å². The van der Waals surface area contributed by atoms with E-state index in [1.54, 1.807) is 0 Å². The Morgan fingerprint density at radius 1 is 1.27 bits per heavy atom. The molecule has 0 aromatic carbocycles. The summed E-state index contributed by atoms with van der Waals surface area (Å²) >= 11 is 0. The van der Waals surface area contributed by atoms with Gasteiger partial charge in [0.25, 0.3) is 0 Å². The Morgan fingerprint density at radius 2 is 2.07 bits per heavy atom. The van der Waals surface area contributed by atoms with Crippen molar-refractivity contribution in [2.45, 2.75) is 43.9 Å². The Morgan fingerprint density at radius 3 is 2.80 bits per heavy atom. The zero-order valence-electron chi connectivity index (χ0n) is 9.19. The van der Waals surface area contributed by atoms with E-state index in [0.717, 1.165) is 12.0 Å². The van der Waals surface area contributed by atoms with Gasteiger partial charge in [-0.3, -0.25) is 4.90 Å². The van der Waals surface area contributed by atoms with Crippen molar-refractivity contribution in [1.82, 2.24) is 4.90 Å². The molecule has 3 heteroatoms. The van der Waals surface area contributed by atoms with E-state index in [2.05, 4.69) is 4.90 Å². The maximum absolute atomic E-state index is 6.28. The van der Waals surface area contributed by atoms with Gasteiger partial charge in [-0.1, -0.05) is 0 Å². The molecule has 2 heterocycles. The van der Waals surface area contributed by atoms with Crippen molar-refractivity contribution in [1.29, 1.82) is 0 Å². The predicted octanol–water partition coefficient (Wildman–Crippen LogP) is 0.587. The van der Waals surface area contributed by atoms with Crippen LogP contribution in [0.3, 0.4) is 0 Å². The van der Waals surface area contributed by atoms with Crippen molar-refractivity contribution >= 4 is 0 Å². The van der Waals surface area contributed by atoms with E-state index in [0.29, 0.717) is 24.1 Å². The zero-order valence-corrected chi connectivity index (χ0v) is 9.19. The van der Waals surface area contributed by atoms with E-state index in [9.17, 15) is 0 Å². The molecule has 2 saturated heterocycles. The average Bonchev–Trinajstić information content (AvgIpc) is 2.97. The van der Waals surface area contributed by atoms with E-state index < -0.39 is 0 Å². The third-order valence-corrected chi connectivity index (χ3v) is 5.10. The number of hydrogen-bond acceptors (Lipinski definition) is 3. The summed E-state index contributed by atoms with van der Waals surface area (Å²) in [6, 6.07) is 0.952. The van der Waals surface area contributed by atoms with Crippen LogP contribution in [0.15, 0.2) is 0 Å². The minimum absolute atomic E-state index is 0.395. The van der Waals surface area contributed by atoms with Gasteiger partial charge < -0.3 is 10.5 Å². The molecule has 4 fully saturated rings. The number of rotatable bonds is 1.